The average molecular weight is 382 g/mol. The number of aryl methyl sites for hydroxylation is 1. The van der Waals surface area contributed by atoms with Gasteiger partial charge in [-0.3, -0.25) is 4.68 Å². The molecule has 2 aromatic heterocycles. The molecule has 0 aliphatic carbocycles. The van der Waals surface area contributed by atoms with Crippen molar-refractivity contribution in [2.75, 3.05) is 0 Å². The molecule has 3 aromatic rings. The fraction of sp³-hybridized carbons (Fsp3) is 0.267. The van der Waals surface area contributed by atoms with Gasteiger partial charge in [-0.15, -0.1) is 10.2 Å². The van der Waals surface area contributed by atoms with E-state index in [1.54, 1.807) is 0 Å². The van der Waals surface area contributed by atoms with E-state index in [9.17, 15) is 0 Å². The smallest absolute Gasteiger partial charge is 0.237 e. The summed E-state index contributed by atoms with van der Waals surface area (Å²) in [6.45, 7) is 4.40. The summed E-state index contributed by atoms with van der Waals surface area (Å²) in [5.41, 5.74) is 3.01. The summed E-state index contributed by atoms with van der Waals surface area (Å²) >= 11 is 9.48. The summed E-state index contributed by atoms with van der Waals surface area (Å²) in [5, 5.41) is 13.3. The van der Waals surface area contributed by atoms with Crippen LogP contribution < -0.4 is 0 Å². The number of hydrogen-bond donors (Lipinski definition) is 0. The molecule has 0 atom stereocenters. The maximum atomic E-state index is 5.98. The lowest BCUT2D eigenvalue weighted by Gasteiger charge is -2.00. The zero-order chi connectivity index (χ0) is 15.7. The maximum Gasteiger partial charge on any atom is 0.237 e. The second kappa shape index (κ2) is 6.22. The predicted octanol–water partition coefficient (Wildman–Crippen LogP) is 3.94. The molecule has 0 aliphatic rings. The van der Waals surface area contributed by atoms with Gasteiger partial charge in [0.15, 0.2) is 0 Å². The van der Waals surface area contributed by atoms with Crippen LogP contribution in [0.4, 0.5) is 0 Å². The van der Waals surface area contributed by atoms with Crippen LogP contribution in [0, 0.1) is 13.8 Å². The normalized spacial score (nSPS) is 11.1. The number of halogens is 2. The van der Waals surface area contributed by atoms with Crippen molar-refractivity contribution in [2.24, 2.45) is 0 Å². The second-order valence-corrected chi connectivity index (χ2v) is 6.27. The lowest BCUT2D eigenvalue weighted by atomic mass is 10.1. The van der Waals surface area contributed by atoms with Crippen molar-refractivity contribution in [1.82, 2.24) is 20.0 Å². The lowest BCUT2D eigenvalue weighted by Crippen LogP contribution is -2.04. The number of rotatable bonds is 4. The molecule has 0 amide bonds. The number of nitrogens with zero attached hydrogens (tertiary/aromatic N) is 4. The molecule has 0 spiro atoms. The van der Waals surface area contributed by atoms with Crippen molar-refractivity contribution >= 4 is 27.5 Å². The highest BCUT2D eigenvalue weighted by Crippen LogP contribution is 2.20. The molecule has 2 heterocycles. The van der Waals surface area contributed by atoms with Crippen LogP contribution in [0.3, 0.4) is 0 Å². The van der Waals surface area contributed by atoms with Gasteiger partial charge >= 0.3 is 0 Å². The molecule has 0 fully saturated rings. The first-order chi connectivity index (χ1) is 10.5. The van der Waals surface area contributed by atoms with Gasteiger partial charge in [-0.1, -0.05) is 23.7 Å². The van der Waals surface area contributed by atoms with Crippen molar-refractivity contribution in [2.45, 2.75) is 26.8 Å². The van der Waals surface area contributed by atoms with E-state index in [2.05, 4.69) is 31.2 Å². The second-order valence-electron chi connectivity index (χ2n) is 5.04. The van der Waals surface area contributed by atoms with E-state index >= 15 is 0 Å². The minimum Gasteiger partial charge on any atom is -0.423 e. The molecule has 0 bridgehead atoms. The van der Waals surface area contributed by atoms with Gasteiger partial charge in [0.05, 0.1) is 22.3 Å². The van der Waals surface area contributed by atoms with Crippen molar-refractivity contribution in [3.8, 4) is 0 Å². The third-order valence-electron chi connectivity index (χ3n) is 3.33. The van der Waals surface area contributed by atoms with Crippen molar-refractivity contribution in [1.29, 1.82) is 0 Å². The van der Waals surface area contributed by atoms with Gasteiger partial charge in [0.25, 0.3) is 0 Å². The van der Waals surface area contributed by atoms with Crippen molar-refractivity contribution in [3.05, 3.63) is 62.5 Å². The molecule has 0 N–H and O–H groups in total. The monoisotopic (exact) mass is 380 g/mol. The first-order valence-electron chi connectivity index (χ1n) is 6.78. The Hall–Kier alpha value is -1.66. The first kappa shape index (κ1) is 15.2. The summed E-state index contributed by atoms with van der Waals surface area (Å²) in [7, 11) is 0. The van der Waals surface area contributed by atoms with Crippen LogP contribution in [0.2, 0.25) is 5.02 Å². The van der Waals surface area contributed by atoms with Crippen LogP contribution in [-0.4, -0.2) is 20.0 Å². The van der Waals surface area contributed by atoms with Crippen LogP contribution in [0.5, 0.6) is 0 Å². The maximum absolute atomic E-state index is 5.98. The highest BCUT2D eigenvalue weighted by Gasteiger charge is 2.13. The number of aromatic nitrogens is 4. The van der Waals surface area contributed by atoms with Gasteiger partial charge < -0.3 is 4.42 Å². The molecular formula is C15H14BrClN4O. The Balaban J connectivity index is 1.75. The molecule has 0 saturated heterocycles. The predicted molar refractivity (Wildman–Crippen MR) is 87.1 cm³/mol. The van der Waals surface area contributed by atoms with E-state index in [-0.39, 0.29) is 0 Å². The van der Waals surface area contributed by atoms with E-state index in [1.807, 2.05) is 42.8 Å². The molecular weight excluding hydrogens is 368 g/mol. The molecule has 0 radical (unpaired) electrons. The van der Waals surface area contributed by atoms with Gasteiger partial charge in [-0.2, -0.15) is 5.10 Å². The van der Waals surface area contributed by atoms with Gasteiger partial charge in [0.2, 0.25) is 11.8 Å². The van der Waals surface area contributed by atoms with E-state index in [0.717, 1.165) is 21.4 Å². The van der Waals surface area contributed by atoms with Crippen LogP contribution in [0.15, 0.2) is 33.2 Å². The summed E-state index contributed by atoms with van der Waals surface area (Å²) in [6.07, 6.45) is 0.564. The Bertz CT molecular complexity index is 812. The molecule has 7 heteroatoms. The Labute approximate surface area is 141 Å². The third kappa shape index (κ3) is 3.23. The average Bonchev–Trinajstić information content (AvgIpc) is 3.00. The third-order valence-corrected chi connectivity index (χ3v) is 4.71. The minimum atomic E-state index is 0.459. The molecule has 0 saturated carbocycles. The summed E-state index contributed by atoms with van der Waals surface area (Å²) in [4.78, 5) is 0. The van der Waals surface area contributed by atoms with E-state index in [0.29, 0.717) is 29.8 Å². The van der Waals surface area contributed by atoms with Gasteiger partial charge in [-0.05, 0) is 47.5 Å². The number of benzene rings is 1. The largest absolute Gasteiger partial charge is 0.423 e. The molecule has 22 heavy (non-hydrogen) atoms. The molecule has 114 valence electrons. The highest BCUT2D eigenvalue weighted by molar-refractivity contribution is 9.10. The van der Waals surface area contributed by atoms with Crippen molar-refractivity contribution < 1.29 is 4.42 Å². The van der Waals surface area contributed by atoms with Crippen LogP contribution in [0.1, 0.15) is 28.7 Å². The highest BCUT2D eigenvalue weighted by atomic mass is 79.9. The van der Waals surface area contributed by atoms with Crippen molar-refractivity contribution in [3.63, 3.8) is 0 Å². The van der Waals surface area contributed by atoms with Gasteiger partial charge in [-0.25, -0.2) is 0 Å². The SMILES string of the molecule is Cc1nn(Cc2nnc(Cc3cccc(Cl)c3)o2)c(C)c1Br. The van der Waals surface area contributed by atoms with Gasteiger partial charge in [0, 0.05) is 5.02 Å². The summed E-state index contributed by atoms with van der Waals surface area (Å²) in [6, 6.07) is 7.62. The first-order valence-corrected chi connectivity index (χ1v) is 7.95. The van der Waals surface area contributed by atoms with E-state index in [1.165, 1.54) is 0 Å². The zero-order valence-corrected chi connectivity index (χ0v) is 14.5. The molecule has 0 unspecified atom stereocenters. The van der Waals surface area contributed by atoms with E-state index in [4.69, 9.17) is 16.0 Å². The minimum absolute atomic E-state index is 0.459. The number of hydrogen-bond acceptors (Lipinski definition) is 4. The zero-order valence-electron chi connectivity index (χ0n) is 12.2. The van der Waals surface area contributed by atoms with E-state index < -0.39 is 0 Å². The van der Waals surface area contributed by atoms with Crippen LogP contribution in [0.25, 0.3) is 0 Å². The van der Waals surface area contributed by atoms with Crippen LogP contribution in [-0.2, 0) is 13.0 Å². The Kier molecular flexibility index (Phi) is 4.31. The Morgan fingerprint density at radius 3 is 2.68 bits per heavy atom. The Morgan fingerprint density at radius 1 is 1.23 bits per heavy atom. The summed E-state index contributed by atoms with van der Waals surface area (Å²) in [5.74, 6) is 1.10. The fourth-order valence-electron chi connectivity index (χ4n) is 2.20. The molecule has 5 nitrogen and oxygen atoms in total. The Morgan fingerprint density at radius 2 is 2.00 bits per heavy atom. The molecule has 0 aliphatic heterocycles. The molecule has 3 rings (SSSR count). The topological polar surface area (TPSA) is 56.7 Å². The quantitative estimate of drug-likeness (QED) is 0.687. The standard InChI is InChI=1S/C15H14BrClN4O/c1-9-15(16)10(2)21(20-9)8-14-19-18-13(22-14)7-11-4-3-5-12(17)6-11/h3-6H,7-8H2,1-2H3. The molecule has 1 aromatic carbocycles. The summed E-state index contributed by atoms with van der Waals surface area (Å²) < 4.78 is 8.54. The lowest BCUT2D eigenvalue weighted by molar-refractivity contribution is 0.433. The fourth-order valence-corrected chi connectivity index (χ4v) is 2.70. The van der Waals surface area contributed by atoms with Crippen LogP contribution >= 0.6 is 27.5 Å². The van der Waals surface area contributed by atoms with Gasteiger partial charge in [0.1, 0.15) is 6.54 Å².